The van der Waals surface area contributed by atoms with Crippen LogP contribution in [0.15, 0.2) is 6.20 Å². The van der Waals surface area contributed by atoms with Crippen molar-refractivity contribution >= 4 is 0 Å². The molecule has 1 aromatic rings. The summed E-state index contributed by atoms with van der Waals surface area (Å²) in [5.41, 5.74) is 0.941. The molecule has 0 aliphatic carbocycles. The largest absolute Gasteiger partial charge is 0.493 e. The number of unbranched alkanes of at least 4 members (excludes halogenated alkanes) is 1. The van der Waals surface area contributed by atoms with Crippen molar-refractivity contribution in [1.82, 2.24) is 9.78 Å². The third-order valence-corrected chi connectivity index (χ3v) is 2.18. The van der Waals surface area contributed by atoms with Gasteiger partial charge in [0.15, 0.2) is 0 Å². The molecule has 13 heavy (non-hydrogen) atoms. The number of hydrogen-bond donors (Lipinski definition) is 1. The first-order valence-electron chi connectivity index (χ1n) is 4.91. The summed E-state index contributed by atoms with van der Waals surface area (Å²) < 4.78 is 1.68. The summed E-state index contributed by atoms with van der Waals surface area (Å²) in [5.74, 6) is 0.679. The van der Waals surface area contributed by atoms with Gasteiger partial charge in [-0.3, -0.25) is 0 Å². The van der Waals surface area contributed by atoms with Crippen LogP contribution in [0.1, 0.15) is 45.1 Å². The van der Waals surface area contributed by atoms with Crippen LogP contribution in [-0.4, -0.2) is 14.9 Å². The van der Waals surface area contributed by atoms with Crippen molar-refractivity contribution in [2.24, 2.45) is 0 Å². The highest BCUT2D eigenvalue weighted by Crippen LogP contribution is 2.24. The van der Waals surface area contributed by atoms with Crippen molar-refractivity contribution in [3.8, 4) is 5.88 Å². The minimum absolute atomic E-state index is 0.337. The van der Waals surface area contributed by atoms with Gasteiger partial charge >= 0.3 is 0 Å². The van der Waals surface area contributed by atoms with Crippen LogP contribution in [0.2, 0.25) is 0 Å². The number of nitrogens with zero attached hydrogens (tertiary/aromatic N) is 2. The van der Waals surface area contributed by atoms with Crippen LogP contribution in [0.25, 0.3) is 0 Å². The first kappa shape index (κ1) is 10.1. The van der Waals surface area contributed by atoms with Crippen LogP contribution < -0.4 is 0 Å². The fourth-order valence-electron chi connectivity index (χ4n) is 1.27. The SMILES string of the molecule is CCCCn1ncc(C(C)C)c1O. The van der Waals surface area contributed by atoms with E-state index in [1.54, 1.807) is 10.9 Å². The lowest BCUT2D eigenvalue weighted by Gasteiger charge is -2.04. The molecule has 0 unspecified atom stereocenters. The molecule has 3 heteroatoms. The summed E-state index contributed by atoms with van der Waals surface area (Å²) in [5, 5.41) is 13.9. The van der Waals surface area contributed by atoms with E-state index in [1.165, 1.54) is 0 Å². The maximum atomic E-state index is 9.73. The van der Waals surface area contributed by atoms with E-state index in [1.807, 2.05) is 0 Å². The zero-order chi connectivity index (χ0) is 9.84. The Hall–Kier alpha value is -0.990. The molecule has 0 aromatic carbocycles. The van der Waals surface area contributed by atoms with Gasteiger partial charge in [-0.15, -0.1) is 0 Å². The zero-order valence-corrected chi connectivity index (χ0v) is 8.62. The summed E-state index contributed by atoms with van der Waals surface area (Å²) in [4.78, 5) is 0. The first-order chi connectivity index (χ1) is 6.16. The highest BCUT2D eigenvalue weighted by Gasteiger charge is 2.11. The first-order valence-corrected chi connectivity index (χ1v) is 4.91. The van der Waals surface area contributed by atoms with Crippen molar-refractivity contribution in [1.29, 1.82) is 0 Å². The Kier molecular flexibility index (Phi) is 3.34. The van der Waals surface area contributed by atoms with E-state index in [2.05, 4.69) is 25.9 Å². The van der Waals surface area contributed by atoms with Crippen LogP contribution in [0.5, 0.6) is 5.88 Å². The fourth-order valence-corrected chi connectivity index (χ4v) is 1.27. The molecule has 0 radical (unpaired) electrons. The van der Waals surface area contributed by atoms with Gasteiger partial charge in [-0.25, -0.2) is 4.68 Å². The van der Waals surface area contributed by atoms with Crippen molar-refractivity contribution in [2.45, 2.75) is 46.1 Å². The van der Waals surface area contributed by atoms with E-state index < -0.39 is 0 Å². The lowest BCUT2D eigenvalue weighted by Crippen LogP contribution is -1.99. The summed E-state index contributed by atoms with van der Waals surface area (Å²) in [6, 6.07) is 0. The van der Waals surface area contributed by atoms with E-state index in [0.717, 1.165) is 24.9 Å². The van der Waals surface area contributed by atoms with E-state index in [9.17, 15) is 5.11 Å². The Labute approximate surface area is 79.4 Å². The molecule has 0 bridgehead atoms. The summed E-state index contributed by atoms with van der Waals surface area (Å²) >= 11 is 0. The zero-order valence-electron chi connectivity index (χ0n) is 8.62. The van der Waals surface area contributed by atoms with Gasteiger partial charge in [-0.05, 0) is 12.3 Å². The standard InChI is InChI=1S/C10H18N2O/c1-4-5-6-12-10(13)9(7-11-12)8(2)3/h7-8,13H,4-6H2,1-3H3. The van der Waals surface area contributed by atoms with Crippen molar-refractivity contribution in [3.05, 3.63) is 11.8 Å². The molecule has 0 aliphatic rings. The molecule has 1 heterocycles. The van der Waals surface area contributed by atoms with Gasteiger partial charge in [0.25, 0.3) is 0 Å². The number of rotatable bonds is 4. The fraction of sp³-hybridized carbons (Fsp3) is 0.700. The van der Waals surface area contributed by atoms with Gasteiger partial charge in [0, 0.05) is 12.1 Å². The minimum atomic E-state index is 0.337. The van der Waals surface area contributed by atoms with Gasteiger partial charge in [0.2, 0.25) is 5.88 Å². The van der Waals surface area contributed by atoms with Gasteiger partial charge in [-0.1, -0.05) is 27.2 Å². The lowest BCUT2D eigenvalue weighted by molar-refractivity contribution is 0.387. The smallest absolute Gasteiger partial charge is 0.212 e. The predicted molar refractivity (Wildman–Crippen MR) is 52.9 cm³/mol. The second kappa shape index (κ2) is 4.30. The Bertz CT molecular complexity index is 266. The number of hydrogen-bond acceptors (Lipinski definition) is 2. The van der Waals surface area contributed by atoms with E-state index in [0.29, 0.717) is 11.8 Å². The molecule has 1 rings (SSSR count). The average molecular weight is 182 g/mol. The third-order valence-electron chi connectivity index (χ3n) is 2.18. The molecule has 0 aliphatic heterocycles. The van der Waals surface area contributed by atoms with E-state index in [4.69, 9.17) is 0 Å². The normalized spacial score (nSPS) is 11.1. The topological polar surface area (TPSA) is 38.0 Å². The molecule has 1 N–H and O–H groups in total. The van der Waals surface area contributed by atoms with Crippen LogP contribution in [0.4, 0.5) is 0 Å². The molecule has 0 atom stereocenters. The van der Waals surface area contributed by atoms with E-state index in [-0.39, 0.29) is 0 Å². The summed E-state index contributed by atoms with van der Waals surface area (Å²) in [6.45, 7) is 7.06. The van der Waals surface area contributed by atoms with Gasteiger partial charge in [-0.2, -0.15) is 5.10 Å². The van der Waals surface area contributed by atoms with Gasteiger partial charge in [0.1, 0.15) is 0 Å². The molecule has 0 saturated heterocycles. The number of aromatic hydroxyl groups is 1. The van der Waals surface area contributed by atoms with Crippen molar-refractivity contribution < 1.29 is 5.11 Å². The molecular weight excluding hydrogens is 164 g/mol. The molecule has 0 fully saturated rings. The second-order valence-corrected chi connectivity index (χ2v) is 3.65. The predicted octanol–water partition coefficient (Wildman–Crippen LogP) is 2.51. The number of aromatic nitrogens is 2. The summed E-state index contributed by atoms with van der Waals surface area (Å²) in [6.07, 6.45) is 3.94. The molecule has 74 valence electrons. The Morgan fingerprint density at radius 3 is 2.69 bits per heavy atom. The lowest BCUT2D eigenvalue weighted by atomic mass is 10.1. The average Bonchev–Trinajstić information content (AvgIpc) is 2.43. The van der Waals surface area contributed by atoms with Crippen LogP contribution in [0.3, 0.4) is 0 Å². The molecule has 0 amide bonds. The Balaban J connectivity index is 2.74. The number of aryl methyl sites for hydroxylation is 1. The molecule has 0 spiro atoms. The molecule has 0 saturated carbocycles. The highest BCUT2D eigenvalue weighted by molar-refractivity contribution is 5.25. The Morgan fingerprint density at radius 2 is 2.23 bits per heavy atom. The van der Waals surface area contributed by atoms with Crippen molar-refractivity contribution in [3.63, 3.8) is 0 Å². The van der Waals surface area contributed by atoms with Crippen LogP contribution in [0, 0.1) is 0 Å². The molecule has 1 aromatic heterocycles. The maximum absolute atomic E-state index is 9.73. The molecular formula is C10H18N2O. The summed E-state index contributed by atoms with van der Waals surface area (Å²) in [7, 11) is 0. The third kappa shape index (κ3) is 2.23. The quantitative estimate of drug-likeness (QED) is 0.777. The van der Waals surface area contributed by atoms with E-state index >= 15 is 0 Å². The van der Waals surface area contributed by atoms with Crippen LogP contribution in [-0.2, 0) is 6.54 Å². The Morgan fingerprint density at radius 1 is 1.54 bits per heavy atom. The highest BCUT2D eigenvalue weighted by atomic mass is 16.3. The minimum Gasteiger partial charge on any atom is -0.493 e. The van der Waals surface area contributed by atoms with Crippen molar-refractivity contribution in [2.75, 3.05) is 0 Å². The second-order valence-electron chi connectivity index (χ2n) is 3.65. The van der Waals surface area contributed by atoms with Gasteiger partial charge in [0.05, 0.1) is 6.20 Å². The van der Waals surface area contributed by atoms with Gasteiger partial charge < -0.3 is 5.11 Å². The van der Waals surface area contributed by atoms with Crippen LogP contribution >= 0.6 is 0 Å². The monoisotopic (exact) mass is 182 g/mol. The maximum Gasteiger partial charge on any atom is 0.212 e. The molecule has 3 nitrogen and oxygen atoms in total.